The fourth-order valence-electron chi connectivity index (χ4n) is 3.40. The average Bonchev–Trinajstić information content (AvgIpc) is 2.62. The third-order valence-corrected chi connectivity index (χ3v) is 5.17. The van der Waals surface area contributed by atoms with Gasteiger partial charge in [-0.2, -0.15) is 0 Å². The highest BCUT2D eigenvalue weighted by atomic mass is 79.9. The van der Waals surface area contributed by atoms with Crippen LogP contribution < -0.4 is 0 Å². The van der Waals surface area contributed by atoms with Crippen LogP contribution in [0.1, 0.15) is 12.5 Å². The van der Waals surface area contributed by atoms with E-state index in [1.54, 1.807) is 12.1 Å². The molecule has 2 N–H and O–H groups in total. The van der Waals surface area contributed by atoms with Gasteiger partial charge in [-0.25, -0.2) is 0 Å². The van der Waals surface area contributed by atoms with Crippen LogP contribution in [-0.4, -0.2) is 10.2 Å². The highest BCUT2D eigenvalue weighted by Crippen LogP contribution is 2.44. The summed E-state index contributed by atoms with van der Waals surface area (Å²) in [5, 5.41) is 25.1. The maximum absolute atomic E-state index is 10.6. The Morgan fingerprint density at radius 3 is 1.88 bits per heavy atom. The SMILES string of the molecule is CCc1ccc2c(-c3c(O)ccc4cc(Br)ccc34)c(O)ccc2c1. The Morgan fingerprint density at radius 1 is 0.720 bits per heavy atom. The molecule has 0 aromatic heterocycles. The Balaban J connectivity index is 2.13. The number of hydrogen-bond acceptors (Lipinski definition) is 2. The molecule has 0 fully saturated rings. The van der Waals surface area contributed by atoms with Gasteiger partial charge < -0.3 is 10.2 Å². The maximum Gasteiger partial charge on any atom is 0.124 e. The number of aromatic hydroxyl groups is 2. The van der Waals surface area contributed by atoms with Gasteiger partial charge in [0.1, 0.15) is 11.5 Å². The van der Waals surface area contributed by atoms with Crippen molar-refractivity contribution in [1.82, 2.24) is 0 Å². The van der Waals surface area contributed by atoms with Crippen LogP contribution in [0.2, 0.25) is 0 Å². The first-order chi connectivity index (χ1) is 12.1. The number of phenols is 2. The molecule has 4 aromatic rings. The largest absolute Gasteiger partial charge is 0.507 e. The molecule has 0 radical (unpaired) electrons. The molecule has 4 rings (SSSR count). The summed E-state index contributed by atoms with van der Waals surface area (Å²) in [5.74, 6) is 0.333. The van der Waals surface area contributed by atoms with E-state index in [1.807, 2.05) is 36.4 Å². The molecule has 0 saturated carbocycles. The molecule has 0 unspecified atom stereocenters. The van der Waals surface area contributed by atoms with Crippen molar-refractivity contribution in [3.63, 3.8) is 0 Å². The first-order valence-electron chi connectivity index (χ1n) is 8.24. The van der Waals surface area contributed by atoms with E-state index in [-0.39, 0.29) is 11.5 Å². The van der Waals surface area contributed by atoms with Crippen molar-refractivity contribution >= 4 is 37.5 Å². The fraction of sp³-hybridized carbons (Fsp3) is 0.0909. The summed E-state index contributed by atoms with van der Waals surface area (Å²) in [6, 6.07) is 19.4. The van der Waals surface area contributed by atoms with Gasteiger partial charge in [-0.1, -0.05) is 59.3 Å². The Bertz CT molecular complexity index is 1120. The number of rotatable bonds is 2. The summed E-state index contributed by atoms with van der Waals surface area (Å²) in [6.45, 7) is 2.12. The van der Waals surface area contributed by atoms with E-state index in [1.165, 1.54) is 5.56 Å². The third-order valence-electron chi connectivity index (χ3n) is 4.68. The molecule has 0 spiro atoms. The Kier molecular flexibility index (Phi) is 3.89. The summed E-state index contributed by atoms with van der Waals surface area (Å²) in [4.78, 5) is 0. The van der Waals surface area contributed by atoms with Crippen molar-refractivity contribution in [1.29, 1.82) is 0 Å². The zero-order chi connectivity index (χ0) is 17.6. The van der Waals surface area contributed by atoms with Crippen LogP contribution >= 0.6 is 15.9 Å². The predicted molar refractivity (Wildman–Crippen MR) is 107 cm³/mol. The van der Waals surface area contributed by atoms with Crippen molar-refractivity contribution < 1.29 is 10.2 Å². The first-order valence-corrected chi connectivity index (χ1v) is 9.04. The van der Waals surface area contributed by atoms with E-state index in [9.17, 15) is 10.2 Å². The molecule has 3 heteroatoms. The second-order valence-corrected chi connectivity index (χ2v) is 7.11. The number of benzene rings is 4. The van der Waals surface area contributed by atoms with Crippen LogP contribution in [0.5, 0.6) is 11.5 Å². The zero-order valence-corrected chi connectivity index (χ0v) is 15.3. The molecule has 2 nitrogen and oxygen atoms in total. The summed E-state index contributed by atoms with van der Waals surface area (Å²) in [6.07, 6.45) is 0.958. The van der Waals surface area contributed by atoms with Crippen LogP contribution in [0.4, 0.5) is 0 Å². The van der Waals surface area contributed by atoms with Gasteiger partial charge in [-0.15, -0.1) is 0 Å². The van der Waals surface area contributed by atoms with E-state index >= 15 is 0 Å². The molecule has 0 bridgehead atoms. The third kappa shape index (κ3) is 2.65. The lowest BCUT2D eigenvalue weighted by molar-refractivity contribution is 0.470. The predicted octanol–water partition coefficient (Wildman–Crippen LogP) is 6.40. The van der Waals surface area contributed by atoms with Crippen molar-refractivity contribution in [3.05, 3.63) is 70.7 Å². The second-order valence-electron chi connectivity index (χ2n) is 6.19. The van der Waals surface area contributed by atoms with E-state index in [2.05, 4.69) is 35.0 Å². The molecule has 0 heterocycles. The van der Waals surface area contributed by atoms with Crippen LogP contribution in [0.15, 0.2) is 65.1 Å². The molecular formula is C22H17BrO2. The Morgan fingerprint density at radius 2 is 1.28 bits per heavy atom. The summed E-state index contributed by atoms with van der Waals surface area (Å²) in [5.41, 5.74) is 2.58. The van der Waals surface area contributed by atoms with Crippen molar-refractivity contribution in [3.8, 4) is 22.6 Å². The van der Waals surface area contributed by atoms with E-state index in [0.29, 0.717) is 11.1 Å². The molecule has 25 heavy (non-hydrogen) atoms. The van der Waals surface area contributed by atoms with Crippen molar-refractivity contribution in [2.24, 2.45) is 0 Å². The van der Waals surface area contributed by atoms with Gasteiger partial charge in [0, 0.05) is 15.6 Å². The quantitative estimate of drug-likeness (QED) is 0.414. The van der Waals surface area contributed by atoms with Gasteiger partial charge in [-0.3, -0.25) is 0 Å². The maximum atomic E-state index is 10.6. The summed E-state index contributed by atoms with van der Waals surface area (Å²) < 4.78 is 0.978. The highest BCUT2D eigenvalue weighted by molar-refractivity contribution is 9.10. The zero-order valence-electron chi connectivity index (χ0n) is 13.8. The van der Waals surface area contributed by atoms with Gasteiger partial charge in [0.15, 0.2) is 0 Å². The van der Waals surface area contributed by atoms with Crippen LogP contribution in [0.3, 0.4) is 0 Å². The van der Waals surface area contributed by atoms with E-state index in [4.69, 9.17) is 0 Å². The molecule has 0 aliphatic heterocycles. The smallest absolute Gasteiger partial charge is 0.124 e. The number of aryl methyl sites for hydroxylation is 1. The topological polar surface area (TPSA) is 40.5 Å². The van der Waals surface area contributed by atoms with E-state index in [0.717, 1.165) is 32.4 Å². The minimum atomic E-state index is 0.164. The summed E-state index contributed by atoms with van der Waals surface area (Å²) in [7, 11) is 0. The van der Waals surface area contributed by atoms with Crippen LogP contribution in [0.25, 0.3) is 32.7 Å². The van der Waals surface area contributed by atoms with Crippen molar-refractivity contribution in [2.45, 2.75) is 13.3 Å². The molecule has 124 valence electrons. The highest BCUT2D eigenvalue weighted by Gasteiger charge is 2.16. The number of fused-ring (bicyclic) bond motifs is 2. The molecule has 0 amide bonds. The fourth-order valence-corrected chi connectivity index (χ4v) is 3.78. The van der Waals surface area contributed by atoms with Crippen LogP contribution in [-0.2, 0) is 6.42 Å². The molecule has 0 atom stereocenters. The minimum absolute atomic E-state index is 0.164. The number of phenolic OH excluding ortho intramolecular Hbond substituents is 2. The molecular weight excluding hydrogens is 376 g/mol. The normalized spacial score (nSPS) is 11.3. The first kappa shape index (κ1) is 16.0. The average molecular weight is 393 g/mol. The van der Waals surface area contributed by atoms with Crippen LogP contribution in [0, 0.1) is 0 Å². The van der Waals surface area contributed by atoms with Gasteiger partial charge in [-0.05, 0) is 57.8 Å². The molecule has 0 saturated heterocycles. The minimum Gasteiger partial charge on any atom is -0.507 e. The van der Waals surface area contributed by atoms with E-state index < -0.39 is 0 Å². The Hall–Kier alpha value is -2.52. The monoisotopic (exact) mass is 392 g/mol. The Labute approximate surface area is 154 Å². The number of hydrogen-bond donors (Lipinski definition) is 2. The van der Waals surface area contributed by atoms with Gasteiger partial charge in [0.05, 0.1) is 0 Å². The van der Waals surface area contributed by atoms with Gasteiger partial charge >= 0.3 is 0 Å². The molecule has 0 aliphatic rings. The lowest BCUT2D eigenvalue weighted by atomic mass is 9.91. The van der Waals surface area contributed by atoms with Crippen molar-refractivity contribution in [2.75, 3.05) is 0 Å². The standard InChI is InChI=1S/C22H17BrO2/c1-2-13-3-7-17-14(11-13)4-9-19(24)21(17)22-18-8-6-16(23)12-15(18)5-10-20(22)25/h3-12,24-25H,2H2,1H3. The van der Waals surface area contributed by atoms with Gasteiger partial charge in [0.2, 0.25) is 0 Å². The lowest BCUT2D eigenvalue weighted by Gasteiger charge is -2.15. The molecule has 0 aliphatic carbocycles. The molecule has 4 aromatic carbocycles. The second kappa shape index (κ2) is 6.08. The summed E-state index contributed by atoms with van der Waals surface area (Å²) >= 11 is 3.49. The lowest BCUT2D eigenvalue weighted by Crippen LogP contribution is -1.88. The number of halogens is 1. The van der Waals surface area contributed by atoms with Gasteiger partial charge in [0.25, 0.3) is 0 Å².